The molecule has 6 heteroatoms. The summed E-state index contributed by atoms with van der Waals surface area (Å²) in [5.41, 5.74) is 0. The first-order valence-corrected chi connectivity index (χ1v) is 4.50. The summed E-state index contributed by atoms with van der Waals surface area (Å²) in [5.74, 6) is -1.84. The molecule has 1 rings (SSSR count). The van der Waals surface area contributed by atoms with Crippen LogP contribution >= 0.6 is 0 Å². The van der Waals surface area contributed by atoms with Crippen LogP contribution in [0.3, 0.4) is 0 Å². The van der Waals surface area contributed by atoms with Crippen molar-refractivity contribution in [3.8, 4) is 0 Å². The van der Waals surface area contributed by atoms with Gasteiger partial charge >= 0.3 is 12.1 Å². The van der Waals surface area contributed by atoms with E-state index in [9.17, 15) is 18.0 Å². The van der Waals surface area contributed by atoms with Crippen molar-refractivity contribution >= 4 is 5.91 Å². The Morgan fingerprint density at radius 3 is 2.36 bits per heavy atom. The number of hydrogen-bond donors (Lipinski definition) is 2. The lowest BCUT2D eigenvalue weighted by Crippen LogP contribution is -2.49. The van der Waals surface area contributed by atoms with Gasteiger partial charge in [-0.3, -0.25) is 4.79 Å². The van der Waals surface area contributed by atoms with Crippen molar-refractivity contribution < 1.29 is 18.0 Å². The highest BCUT2D eigenvalue weighted by atomic mass is 19.4. The maximum atomic E-state index is 11.9. The van der Waals surface area contributed by atoms with Crippen LogP contribution in [0.2, 0.25) is 0 Å². The molecular weight excluding hydrogens is 197 g/mol. The molecular formula is C8H13F3N2O. The molecule has 0 radical (unpaired) electrons. The summed E-state index contributed by atoms with van der Waals surface area (Å²) in [7, 11) is 1.68. The Kier molecular flexibility index (Phi) is 3.36. The zero-order valence-corrected chi connectivity index (χ0v) is 7.82. The summed E-state index contributed by atoms with van der Waals surface area (Å²) >= 11 is 0. The third-order valence-electron chi connectivity index (χ3n) is 2.46. The van der Waals surface area contributed by atoms with E-state index in [0.717, 1.165) is 12.8 Å². The molecule has 0 aromatic rings. The fourth-order valence-corrected chi connectivity index (χ4v) is 1.73. The summed E-state index contributed by atoms with van der Waals surface area (Å²) < 4.78 is 35.7. The summed E-state index contributed by atoms with van der Waals surface area (Å²) in [6.07, 6.45) is -2.53. The minimum Gasteiger partial charge on any atom is -0.344 e. The van der Waals surface area contributed by atoms with E-state index in [0.29, 0.717) is 6.42 Å². The van der Waals surface area contributed by atoms with Gasteiger partial charge < -0.3 is 10.6 Å². The molecule has 1 aliphatic carbocycles. The van der Waals surface area contributed by atoms with Gasteiger partial charge in [-0.1, -0.05) is 0 Å². The van der Waals surface area contributed by atoms with Crippen molar-refractivity contribution in [2.45, 2.75) is 37.5 Å². The molecule has 0 spiro atoms. The van der Waals surface area contributed by atoms with Gasteiger partial charge in [0.05, 0.1) is 0 Å². The van der Waals surface area contributed by atoms with Crippen LogP contribution in [0.1, 0.15) is 19.3 Å². The average Bonchev–Trinajstić information content (AvgIpc) is 2.50. The molecule has 1 aliphatic rings. The molecule has 0 unspecified atom stereocenters. The lowest BCUT2D eigenvalue weighted by atomic mass is 10.2. The Morgan fingerprint density at radius 2 is 1.86 bits per heavy atom. The predicted octanol–water partition coefficient (Wildman–Crippen LogP) is 0.805. The third-order valence-corrected chi connectivity index (χ3v) is 2.46. The Bertz CT molecular complexity index is 217. The Balaban J connectivity index is 2.48. The van der Waals surface area contributed by atoms with Crippen LogP contribution in [0.25, 0.3) is 0 Å². The molecule has 2 atom stereocenters. The number of likely N-dealkylation sites (N-methyl/N-ethyl adjacent to an activating group) is 1. The normalized spacial score (nSPS) is 27.7. The second-order valence-corrected chi connectivity index (χ2v) is 3.40. The summed E-state index contributed by atoms with van der Waals surface area (Å²) in [4.78, 5) is 10.6. The molecule has 3 nitrogen and oxygen atoms in total. The minimum atomic E-state index is -4.78. The lowest BCUT2D eigenvalue weighted by Gasteiger charge is -2.20. The van der Waals surface area contributed by atoms with Crippen molar-refractivity contribution in [3.63, 3.8) is 0 Å². The number of rotatable bonds is 2. The van der Waals surface area contributed by atoms with Gasteiger partial charge in [0, 0.05) is 12.1 Å². The molecule has 0 aliphatic heterocycles. The lowest BCUT2D eigenvalue weighted by molar-refractivity contribution is -0.174. The van der Waals surface area contributed by atoms with E-state index < -0.39 is 18.1 Å². The Labute approximate surface area is 80.0 Å². The van der Waals surface area contributed by atoms with Gasteiger partial charge in [-0.05, 0) is 26.3 Å². The van der Waals surface area contributed by atoms with E-state index in [-0.39, 0.29) is 6.04 Å². The first-order chi connectivity index (χ1) is 6.45. The summed E-state index contributed by atoms with van der Waals surface area (Å²) in [5, 5.41) is 4.88. The maximum absolute atomic E-state index is 11.9. The van der Waals surface area contributed by atoms with Gasteiger partial charge in [-0.2, -0.15) is 13.2 Å². The topological polar surface area (TPSA) is 41.1 Å². The first-order valence-electron chi connectivity index (χ1n) is 4.50. The monoisotopic (exact) mass is 210 g/mol. The SMILES string of the molecule is CN[C@@H]1CCC[C@H]1NC(=O)C(F)(F)F. The van der Waals surface area contributed by atoms with Crippen molar-refractivity contribution in [1.82, 2.24) is 10.6 Å². The number of amides is 1. The maximum Gasteiger partial charge on any atom is 0.471 e. The fourth-order valence-electron chi connectivity index (χ4n) is 1.73. The van der Waals surface area contributed by atoms with E-state index >= 15 is 0 Å². The Hall–Kier alpha value is -0.780. The number of hydrogen-bond acceptors (Lipinski definition) is 2. The van der Waals surface area contributed by atoms with Crippen molar-refractivity contribution in [1.29, 1.82) is 0 Å². The number of halogens is 3. The highest BCUT2D eigenvalue weighted by Gasteiger charge is 2.41. The number of carbonyl (C=O) groups excluding carboxylic acids is 1. The van der Waals surface area contributed by atoms with Crippen LogP contribution in [-0.2, 0) is 4.79 Å². The zero-order chi connectivity index (χ0) is 10.8. The van der Waals surface area contributed by atoms with E-state index in [1.165, 1.54) is 0 Å². The van der Waals surface area contributed by atoms with Crippen LogP contribution in [0, 0.1) is 0 Å². The van der Waals surface area contributed by atoms with Gasteiger partial charge in [0.1, 0.15) is 0 Å². The van der Waals surface area contributed by atoms with Crippen molar-refractivity contribution in [2.75, 3.05) is 7.05 Å². The van der Waals surface area contributed by atoms with Gasteiger partial charge in [-0.15, -0.1) is 0 Å². The van der Waals surface area contributed by atoms with Gasteiger partial charge in [0.2, 0.25) is 0 Å². The van der Waals surface area contributed by atoms with Gasteiger partial charge in [0.15, 0.2) is 0 Å². The quantitative estimate of drug-likeness (QED) is 0.708. The van der Waals surface area contributed by atoms with Crippen molar-refractivity contribution in [3.05, 3.63) is 0 Å². The third kappa shape index (κ3) is 2.60. The zero-order valence-electron chi connectivity index (χ0n) is 7.82. The average molecular weight is 210 g/mol. The molecule has 2 N–H and O–H groups in total. The standard InChI is InChI=1S/C8H13F3N2O/c1-12-5-3-2-4-6(5)13-7(14)8(9,10)11/h5-6,12H,2-4H2,1H3,(H,13,14)/t5-,6-/m1/s1. The van der Waals surface area contributed by atoms with E-state index in [4.69, 9.17) is 0 Å². The molecule has 0 aromatic carbocycles. The molecule has 1 fully saturated rings. The number of alkyl halides is 3. The molecule has 1 amide bonds. The van der Waals surface area contributed by atoms with E-state index in [2.05, 4.69) is 5.32 Å². The van der Waals surface area contributed by atoms with Gasteiger partial charge in [0.25, 0.3) is 0 Å². The molecule has 0 bridgehead atoms. The molecule has 0 heterocycles. The number of carbonyl (C=O) groups is 1. The Morgan fingerprint density at radius 1 is 1.29 bits per heavy atom. The largest absolute Gasteiger partial charge is 0.471 e. The molecule has 1 saturated carbocycles. The highest BCUT2D eigenvalue weighted by Crippen LogP contribution is 2.21. The second-order valence-electron chi connectivity index (χ2n) is 3.40. The highest BCUT2D eigenvalue weighted by molar-refractivity contribution is 5.82. The minimum absolute atomic E-state index is 0.0405. The molecule has 14 heavy (non-hydrogen) atoms. The fraction of sp³-hybridized carbons (Fsp3) is 0.875. The van der Waals surface area contributed by atoms with Crippen LogP contribution < -0.4 is 10.6 Å². The molecule has 82 valence electrons. The predicted molar refractivity (Wildman–Crippen MR) is 44.7 cm³/mol. The molecule has 0 aromatic heterocycles. The van der Waals surface area contributed by atoms with Gasteiger partial charge in [-0.25, -0.2) is 0 Å². The number of nitrogens with one attached hydrogen (secondary N) is 2. The molecule has 0 saturated heterocycles. The summed E-state index contributed by atoms with van der Waals surface area (Å²) in [6.45, 7) is 0. The van der Waals surface area contributed by atoms with Crippen LogP contribution in [0.5, 0.6) is 0 Å². The van der Waals surface area contributed by atoms with Crippen LogP contribution in [0.15, 0.2) is 0 Å². The van der Waals surface area contributed by atoms with E-state index in [1.807, 2.05) is 5.32 Å². The van der Waals surface area contributed by atoms with Crippen LogP contribution in [0.4, 0.5) is 13.2 Å². The van der Waals surface area contributed by atoms with Crippen LogP contribution in [-0.4, -0.2) is 31.2 Å². The summed E-state index contributed by atoms with van der Waals surface area (Å²) in [6, 6.07) is -0.435. The first kappa shape index (κ1) is 11.3. The second kappa shape index (κ2) is 4.16. The van der Waals surface area contributed by atoms with Crippen molar-refractivity contribution in [2.24, 2.45) is 0 Å². The smallest absolute Gasteiger partial charge is 0.344 e. The van der Waals surface area contributed by atoms with E-state index in [1.54, 1.807) is 7.05 Å².